The summed E-state index contributed by atoms with van der Waals surface area (Å²) >= 11 is 0. The maximum absolute atomic E-state index is 8.69. The Kier molecular flexibility index (Phi) is 5.50. The third kappa shape index (κ3) is 4.06. The molecule has 0 bridgehead atoms. The standard InChI is InChI=1S/C12H22N6O/c1-5-18(9(2)8-17(3)4)12-14-7-6-10(15-12)11(13)16-19/h6-7,9,19H,5,8H2,1-4H3,(H2,13,16). The Balaban J connectivity index is 2.98. The number of amidine groups is 1. The first kappa shape index (κ1) is 15.2. The average molecular weight is 266 g/mol. The molecule has 1 aromatic rings. The zero-order chi connectivity index (χ0) is 14.4. The second-order valence-electron chi connectivity index (χ2n) is 4.62. The van der Waals surface area contributed by atoms with Crippen LogP contribution in [0.5, 0.6) is 0 Å². The Hall–Kier alpha value is -1.89. The highest BCUT2D eigenvalue weighted by molar-refractivity contribution is 5.95. The predicted molar refractivity (Wildman–Crippen MR) is 75.6 cm³/mol. The van der Waals surface area contributed by atoms with Crippen LogP contribution in [0.2, 0.25) is 0 Å². The van der Waals surface area contributed by atoms with Crippen LogP contribution in [-0.4, -0.2) is 59.1 Å². The average Bonchev–Trinajstić information content (AvgIpc) is 2.38. The van der Waals surface area contributed by atoms with E-state index in [2.05, 4.69) is 31.8 Å². The molecule has 0 saturated heterocycles. The van der Waals surface area contributed by atoms with Crippen molar-refractivity contribution in [3.63, 3.8) is 0 Å². The van der Waals surface area contributed by atoms with E-state index in [1.165, 1.54) is 0 Å². The first-order valence-electron chi connectivity index (χ1n) is 6.21. The van der Waals surface area contributed by atoms with Gasteiger partial charge in [0.15, 0.2) is 5.84 Å². The lowest BCUT2D eigenvalue weighted by Gasteiger charge is -2.30. The van der Waals surface area contributed by atoms with Crippen LogP contribution in [-0.2, 0) is 0 Å². The fraction of sp³-hybridized carbons (Fsp3) is 0.583. The van der Waals surface area contributed by atoms with E-state index in [0.717, 1.165) is 13.1 Å². The Labute approximate surface area is 113 Å². The third-order valence-electron chi connectivity index (χ3n) is 2.77. The van der Waals surface area contributed by atoms with Gasteiger partial charge in [0.25, 0.3) is 0 Å². The normalized spacial score (nSPS) is 13.6. The molecule has 19 heavy (non-hydrogen) atoms. The van der Waals surface area contributed by atoms with Crippen molar-refractivity contribution in [3.8, 4) is 0 Å². The number of nitrogens with zero attached hydrogens (tertiary/aromatic N) is 5. The van der Waals surface area contributed by atoms with Crippen molar-refractivity contribution < 1.29 is 5.21 Å². The highest BCUT2D eigenvalue weighted by Gasteiger charge is 2.17. The van der Waals surface area contributed by atoms with E-state index in [4.69, 9.17) is 10.9 Å². The largest absolute Gasteiger partial charge is 0.409 e. The number of hydrogen-bond donors (Lipinski definition) is 2. The van der Waals surface area contributed by atoms with Crippen LogP contribution in [0.1, 0.15) is 19.5 Å². The molecular formula is C12H22N6O. The van der Waals surface area contributed by atoms with Gasteiger partial charge in [0.05, 0.1) is 0 Å². The van der Waals surface area contributed by atoms with Crippen LogP contribution in [0, 0.1) is 0 Å². The van der Waals surface area contributed by atoms with E-state index in [9.17, 15) is 0 Å². The molecule has 0 aliphatic heterocycles. The molecule has 1 atom stereocenters. The van der Waals surface area contributed by atoms with Crippen molar-refractivity contribution in [1.29, 1.82) is 0 Å². The second-order valence-corrected chi connectivity index (χ2v) is 4.62. The highest BCUT2D eigenvalue weighted by Crippen LogP contribution is 2.11. The summed E-state index contributed by atoms with van der Waals surface area (Å²) in [5.41, 5.74) is 5.96. The third-order valence-corrected chi connectivity index (χ3v) is 2.77. The molecule has 0 spiro atoms. The maximum Gasteiger partial charge on any atom is 0.226 e. The molecule has 0 aliphatic carbocycles. The van der Waals surface area contributed by atoms with Gasteiger partial charge in [-0.25, -0.2) is 9.97 Å². The molecule has 0 saturated carbocycles. The molecule has 0 amide bonds. The molecule has 0 aliphatic rings. The van der Waals surface area contributed by atoms with E-state index >= 15 is 0 Å². The molecule has 7 nitrogen and oxygen atoms in total. The first-order chi connectivity index (χ1) is 8.99. The van der Waals surface area contributed by atoms with Crippen LogP contribution in [0.3, 0.4) is 0 Å². The van der Waals surface area contributed by atoms with E-state index in [0.29, 0.717) is 11.6 Å². The Morgan fingerprint density at radius 3 is 2.74 bits per heavy atom. The molecule has 1 heterocycles. The van der Waals surface area contributed by atoms with Gasteiger partial charge in [0.2, 0.25) is 5.95 Å². The van der Waals surface area contributed by atoms with Gasteiger partial charge >= 0.3 is 0 Å². The van der Waals surface area contributed by atoms with Gasteiger partial charge < -0.3 is 20.7 Å². The van der Waals surface area contributed by atoms with Gasteiger partial charge in [-0.05, 0) is 34.0 Å². The number of aromatic nitrogens is 2. The number of anilines is 1. The van der Waals surface area contributed by atoms with Crippen LogP contribution >= 0.6 is 0 Å². The summed E-state index contributed by atoms with van der Waals surface area (Å²) in [6.45, 7) is 5.84. The summed E-state index contributed by atoms with van der Waals surface area (Å²) in [5, 5.41) is 11.6. The molecule has 3 N–H and O–H groups in total. The Morgan fingerprint density at radius 2 is 2.21 bits per heavy atom. The second kappa shape index (κ2) is 6.89. The maximum atomic E-state index is 8.69. The fourth-order valence-electron chi connectivity index (χ4n) is 1.96. The van der Waals surface area contributed by atoms with Crippen molar-refractivity contribution in [3.05, 3.63) is 18.0 Å². The molecule has 0 aromatic carbocycles. The van der Waals surface area contributed by atoms with Crippen LogP contribution in [0.15, 0.2) is 17.4 Å². The van der Waals surface area contributed by atoms with Crippen LogP contribution < -0.4 is 10.6 Å². The summed E-state index contributed by atoms with van der Waals surface area (Å²) < 4.78 is 0. The van der Waals surface area contributed by atoms with Gasteiger partial charge in [-0.15, -0.1) is 0 Å². The van der Waals surface area contributed by atoms with Gasteiger partial charge in [-0.3, -0.25) is 0 Å². The van der Waals surface area contributed by atoms with Gasteiger partial charge in [-0.2, -0.15) is 0 Å². The predicted octanol–water partition coefficient (Wildman–Crippen LogP) is 0.348. The summed E-state index contributed by atoms with van der Waals surface area (Å²) in [5.74, 6) is 0.570. The lowest BCUT2D eigenvalue weighted by Crippen LogP contribution is -2.41. The number of nitrogens with two attached hydrogens (primary N) is 1. The molecule has 106 valence electrons. The minimum atomic E-state index is -0.0139. The zero-order valence-corrected chi connectivity index (χ0v) is 11.9. The minimum Gasteiger partial charge on any atom is -0.409 e. The Bertz CT molecular complexity index is 434. The summed E-state index contributed by atoms with van der Waals surface area (Å²) in [4.78, 5) is 12.8. The molecule has 7 heteroatoms. The molecule has 0 fully saturated rings. The first-order valence-corrected chi connectivity index (χ1v) is 6.21. The molecule has 1 aromatic heterocycles. The minimum absolute atomic E-state index is 0.0139. The summed E-state index contributed by atoms with van der Waals surface area (Å²) in [7, 11) is 4.05. The van der Waals surface area contributed by atoms with Crippen LogP contribution in [0.4, 0.5) is 5.95 Å². The Morgan fingerprint density at radius 1 is 1.53 bits per heavy atom. The molecule has 1 unspecified atom stereocenters. The monoisotopic (exact) mass is 266 g/mol. The molecular weight excluding hydrogens is 244 g/mol. The van der Waals surface area contributed by atoms with E-state index in [1.54, 1.807) is 12.3 Å². The lowest BCUT2D eigenvalue weighted by molar-refractivity contribution is 0.318. The van der Waals surface area contributed by atoms with Crippen molar-refractivity contribution in [2.45, 2.75) is 19.9 Å². The van der Waals surface area contributed by atoms with Gasteiger partial charge in [-0.1, -0.05) is 5.16 Å². The number of oxime groups is 1. The number of likely N-dealkylation sites (N-methyl/N-ethyl adjacent to an activating group) is 2. The lowest BCUT2D eigenvalue weighted by atomic mass is 10.2. The van der Waals surface area contributed by atoms with Crippen molar-refractivity contribution in [1.82, 2.24) is 14.9 Å². The molecule has 0 radical (unpaired) electrons. The summed E-state index contributed by atoms with van der Waals surface area (Å²) in [6, 6.07) is 1.88. The van der Waals surface area contributed by atoms with Crippen molar-refractivity contribution in [2.24, 2.45) is 10.9 Å². The van der Waals surface area contributed by atoms with E-state index in [-0.39, 0.29) is 11.9 Å². The quantitative estimate of drug-likeness (QED) is 0.334. The smallest absolute Gasteiger partial charge is 0.226 e. The van der Waals surface area contributed by atoms with Crippen molar-refractivity contribution >= 4 is 11.8 Å². The topological polar surface area (TPSA) is 90.9 Å². The molecule has 1 rings (SSSR count). The zero-order valence-electron chi connectivity index (χ0n) is 11.9. The number of rotatable bonds is 6. The van der Waals surface area contributed by atoms with E-state index in [1.807, 2.05) is 21.0 Å². The fourth-order valence-corrected chi connectivity index (χ4v) is 1.96. The van der Waals surface area contributed by atoms with Gasteiger partial charge in [0, 0.05) is 25.3 Å². The van der Waals surface area contributed by atoms with Crippen molar-refractivity contribution in [2.75, 3.05) is 32.1 Å². The van der Waals surface area contributed by atoms with Crippen LogP contribution in [0.25, 0.3) is 0 Å². The van der Waals surface area contributed by atoms with Gasteiger partial charge in [0.1, 0.15) is 5.69 Å². The summed E-state index contributed by atoms with van der Waals surface area (Å²) in [6.07, 6.45) is 1.61. The SMILES string of the molecule is CCN(c1nccc(/C(N)=N/O)n1)C(C)CN(C)C. The van der Waals surface area contributed by atoms with E-state index < -0.39 is 0 Å². The highest BCUT2D eigenvalue weighted by atomic mass is 16.4. The number of hydrogen-bond acceptors (Lipinski definition) is 6.